The van der Waals surface area contributed by atoms with E-state index in [9.17, 15) is 9.18 Å². The molecule has 1 unspecified atom stereocenters. The molecule has 1 rings (SSSR count). The first kappa shape index (κ1) is 14.4. The number of hydrogen-bond donors (Lipinski definition) is 1. The van der Waals surface area contributed by atoms with E-state index in [4.69, 9.17) is 5.73 Å². The van der Waals surface area contributed by atoms with Gasteiger partial charge in [-0.3, -0.25) is 4.79 Å². The van der Waals surface area contributed by atoms with Crippen molar-refractivity contribution in [1.82, 2.24) is 9.88 Å². The number of hydrogen-bond acceptors (Lipinski definition) is 3. The van der Waals surface area contributed by atoms with Crippen LogP contribution in [0.1, 0.15) is 38.1 Å². The van der Waals surface area contributed by atoms with Gasteiger partial charge in [-0.05, 0) is 18.4 Å². The summed E-state index contributed by atoms with van der Waals surface area (Å²) in [5.74, 6) is -1.39. The van der Waals surface area contributed by atoms with Gasteiger partial charge in [0.2, 0.25) is 0 Å². The van der Waals surface area contributed by atoms with Crippen molar-refractivity contribution in [2.24, 2.45) is 5.41 Å². The summed E-state index contributed by atoms with van der Waals surface area (Å²) in [5.41, 5.74) is 5.24. The van der Waals surface area contributed by atoms with Crippen LogP contribution >= 0.6 is 0 Å². The topological polar surface area (TPSA) is 59.2 Å². The number of carbonyl (C=O) groups is 1. The Morgan fingerprint density at radius 2 is 2.06 bits per heavy atom. The van der Waals surface area contributed by atoms with Crippen LogP contribution in [0.4, 0.5) is 10.2 Å². The van der Waals surface area contributed by atoms with Gasteiger partial charge in [-0.15, -0.1) is 0 Å². The Labute approximate surface area is 107 Å². The van der Waals surface area contributed by atoms with Crippen molar-refractivity contribution >= 4 is 11.7 Å². The van der Waals surface area contributed by atoms with Gasteiger partial charge >= 0.3 is 0 Å². The lowest BCUT2D eigenvalue weighted by Gasteiger charge is -2.35. The monoisotopic (exact) mass is 253 g/mol. The van der Waals surface area contributed by atoms with E-state index >= 15 is 0 Å². The lowest BCUT2D eigenvalue weighted by Crippen LogP contribution is -2.43. The maximum Gasteiger partial charge on any atom is 0.257 e. The first-order valence-electron chi connectivity index (χ1n) is 5.83. The third kappa shape index (κ3) is 2.78. The molecule has 100 valence electrons. The van der Waals surface area contributed by atoms with Crippen LogP contribution in [-0.4, -0.2) is 28.9 Å². The molecule has 18 heavy (non-hydrogen) atoms. The smallest absolute Gasteiger partial charge is 0.257 e. The van der Waals surface area contributed by atoms with Crippen LogP contribution in [0.3, 0.4) is 0 Å². The zero-order chi connectivity index (χ0) is 14.1. The highest BCUT2D eigenvalue weighted by Crippen LogP contribution is 2.25. The van der Waals surface area contributed by atoms with Gasteiger partial charge in [0.15, 0.2) is 11.6 Å². The van der Waals surface area contributed by atoms with Crippen LogP contribution in [0.2, 0.25) is 0 Å². The van der Waals surface area contributed by atoms with Crippen LogP contribution in [0.5, 0.6) is 0 Å². The Hall–Kier alpha value is -1.65. The third-order valence-electron chi connectivity index (χ3n) is 3.30. The molecule has 1 aromatic heterocycles. The molecule has 0 radical (unpaired) electrons. The molecule has 1 heterocycles. The highest BCUT2D eigenvalue weighted by molar-refractivity contribution is 5.95. The fraction of sp³-hybridized carbons (Fsp3) is 0.538. The van der Waals surface area contributed by atoms with E-state index in [2.05, 4.69) is 4.98 Å². The van der Waals surface area contributed by atoms with Gasteiger partial charge in [0.1, 0.15) is 0 Å². The molecule has 0 saturated heterocycles. The summed E-state index contributed by atoms with van der Waals surface area (Å²) in [7, 11) is 1.66. The number of nitrogens with two attached hydrogens (primary N) is 1. The summed E-state index contributed by atoms with van der Waals surface area (Å²) in [6.45, 7) is 8.01. The van der Waals surface area contributed by atoms with Crippen molar-refractivity contribution in [1.29, 1.82) is 0 Å². The molecule has 0 bridgehead atoms. The number of rotatable bonds is 2. The minimum Gasteiger partial charge on any atom is -0.381 e. The van der Waals surface area contributed by atoms with Crippen LogP contribution in [0, 0.1) is 11.2 Å². The van der Waals surface area contributed by atoms with Gasteiger partial charge in [-0.25, -0.2) is 9.37 Å². The van der Waals surface area contributed by atoms with E-state index in [1.807, 2.05) is 27.7 Å². The molecule has 2 N–H and O–H groups in total. The highest BCUT2D eigenvalue weighted by atomic mass is 19.1. The van der Waals surface area contributed by atoms with Gasteiger partial charge in [0, 0.05) is 19.3 Å². The second-order valence-corrected chi connectivity index (χ2v) is 5.52. The van der Waals surface area contributed by atoms with Crippen LogP contribution in [0.15, 0.2) is 12.3 Å². The highest BCUT2D eigenvalue weighted by Gasteiger charge is 2.29. The predicted molar refractivity (Wildman–Crippen MR) is 69.6 cm³/mol. The molecule has 0 spiro atoms. The number of pyridine rings is 1. The number of anilines is 1. The molecule has 0 aromatic carbocycles. The van der Waals surface area contributed by atoms with Crippen LogP contribution < -0.4 is 5.73 Å². The Morgan fingerprint density at radius 3 is 2.56 bits per heavy atom. The third-order valence-corrected chi connectivity index (χ3v) is 3.30. The molecule has 1 amide bonds. The minimum atomic E-state index is -0.754. The quantitative estimate of drug-likeness (QED) is 0.879. The second kappa shape index (κ2) is 4.92. The Morgan fingerprint density at radius 1 is 1.50 bits per heavy atom. The van der Waals surface area contributed by atoms with Crippen molar-refractivity contribution in [2.75, 3.05) is 12.8 Å². The Kier molecular flexibility index (Phi) is 3.94. The number of carbonyl (C=O) groups excluding carboxylic acids is 1. The maximum absolute atomic E-state index is 13.7. The largest absolute Gasteiger partial charge is 0.381 e. The molecular weight excluding hydrogens is 233 g/mol. The van der Waals surface area contributed by atoms with Crippen molar-refractivity contribution < 1.29 is 9.18 Å². The van der Waals surface area contributed by atoms with Crippen molar-refractivity contribution in [2.45, 2.75) is 33.7 Å². The summed E-state index contributed by atoms with van der Waals surface area (Å²) < 4.78 is 13.7. The number of nitrogen functional groups attached to an aromatic ring is 1. The molecule has 4 nitrogen and oxygen atoms in total. The summed E-state index contributed by atoms with van der Waals surface area (Å²) in [6, 6.07) is 1.32. The normalized spacial score (nSPS) is 13.2. The lowest BCUT2D eigenvalue weighted by molar-refractivity contribution is 0.0624. The van der Waals surface area contributed by atoms with Crippen molar-refractivity contribution in [3.63, 3.8) is 0 Å². The van der Waals surface area contributed by atoms with E-state index < -0.39 is 5.82 Å². The van der Waals surface area contributed by atoms with E-state index in [-0.39, 0.29) is 28.7 Å². The number of amides is 1. The van der Waals surface area contributed by atoms with Gasteiger partial charge < -0.3 is 10.6 Å². The van der Waals surface area contributed by atoms with Crippen molar-refractivity contribution in [3.8, 4) is 0 Å². The standard InChI is InChI=1S/C13H20FN3O/c1-8(13(2,3)4)17(5)12(18)9-6-7-16-11(15)10(9)14/h6-8H,1-5H3,(H2,15,16). The molecule has 1 atom stereocenters. The summed E-state index contributed by atoms with van der Waals surface area (Å²) in [5, 5.41) is 0. The minimum absolute atomic E-state index is 0.0289. The molecule has 5 heteroatoms. The SMILES string of the molecule is CC(N(C)C(=O)c1ccnc(N)c1F)C(C)(C)C. The predicted octanol–water partition coefficient (Wildman–Crippen LogP) is 2.31. The number of halogens is 1. The van der Waals surface area contributed by atoms with Crippen LogP contribution in [-0.2, 0) is 0 Å². The number of aromatic nitrogens is 1. The first-order valence-corrected chi connectivity index (χ1v) is 5.83. The Bertz CT molecular complexity index is 454. The zero-order valence-electron chi connectivity index (χ0n) is 11.5. The molecule has 1 aromatic rings. The van der Waals surface area contributed by atoms with E-state index in [1.165, 1.54) is 17.2 Å². The molecular formula is C13H20FN3O. The van der Waals surface area contributed by atoms with E-state index in [0.29, 0.717) is 0 Å². The lowest BCUT2D eigenvalue weighted by atomic mass is 9.87. The molecule has 0 fully saturated rings. The average molecular weight is 253 g/mol. The fourth-order valence-corrected chi connectivity index (χ4v) is 1.57. The van der Waals surface area contributed by atoms with Gasteiger partial charge in [0.05, 0.1) is 5.56 Å². The van der Waals surface area contributed by atoms with Gasteiger partial charge in [-0.2, -0.15) is 0 Å². The van der Waals surface area contributed by atoms with Gasteiger partial charge in [-0.1, -0.05) is 20.8 Å². The first-order chi connectivity index (χ1) is 8.16. The van der Waals surface area contributed by atoms with Crippen LogP contribution in [0.25, 0.3) is 0 Å². The van der Waals surface area contributed by atoms with E-state index in [1.54, 1.807) is 7.05 Å². The van der Waals surface area contributed by atoms with E-state index in [0.717, 1.165) is 0 Å². The molecule has 0 aliphatic rings. The fourth-order valence-electron chi connectivity index (χ4n) is 1.57. The summed E-state index contributed by atoms with van der Waals surface area (Å²) in [4.78, 5) is 17.3. The molecule has 0 saturated carbocycles. The second-order valence-electron chi connectivity index (χ2n) is 5.52. The van der Waals surface area contributed by atoms with Gasteiger partial charge in [0.25, 0.3) is 5.91 Å². The number of nitrogens with zero attached hydrogens (tertiary/aromatic N) is 2. The molecule has 0 aliphatic heterocycles. The average Bonchev–Trinajstić information content (AvgIpc) is 2.28. The summed E-state index contributed by atoms with van der Waals surface area (Å²) >= 11 is 0. The summed E-state index contributed by atoms with van der Waals surface area (Å²) in [6.07, 6.45) is 1.33. The maximum atomic E-state index is 13.7. The zero-order valence-corrected chi connectivity index (χ0v) is 11.5. The molecule has 0 aliphatic carbocycles. The Balaban J connectivity index is 3.05. The van der Waals surface area contributed by atoms with Crippen molar-refractivity contribution in [3.05, 3.63) is 23.6 Å².